The van der Waals surface area contributed by atoms with Gasteiger partial charge in [0.1, 0.15) is 0 Å². The molecule has 0 amide bonds. The third-order valence-electron chi connectivity index (χ3n) is 4.01. The summed E-state index contributed by atoms with van der Waals surface area (Å²) in [6, 6.07) is 4.86. The van der Waals surface area contributed by atoms with E-state index in [0.29, 0.717) is 10.7 Å². The van der Waals surface area contributed by atoms with Crippen LogP contribution in [0.25, 0.3) is 0 Å². The van der Waals surface area contributed by atoms with Crippen molar-refractivity contribution in [3.63, 3.8) is 0 Å². The van der Waals surface area contributed by atoms with Gasteiger partial charge in [0.2, 0.25) is 0 Å². The molecule has 0 aromatic heterocycles. The van der Waals surface area contributed by atoms with Crippen molar-refractivity contribution in [3.8, 4) is 0 Å². The Hall–Kier alpha value is -0.870. The molecule has 1 fully saturated rings. The molecule has 2 N–H and O–H groups in total. The number of hydrogen-bond donors (Lipinski definition) is 2. The molecule has 0 atom stereocenters. The molecule has 110 valence electrons. The predicted octanol–water partition coefficient (Wildman–Crippen LogP) is 4.52. The quantitative estimate of drug-likeness (QED) is 0.839. The van der Waals surface area contributed by atoms with Gasteiger partial charge in [-0.1, -0.05) is 30.9 Å². The summed E-state index contributed by atoms with van der Waals surface area (Å²) >= 11 is 7.86. The number of benzene rings is 1. The van der Waals surface area contributed by atoms with Gasteiger partial charge in [-0.3, -0.25) is 0 Å². The maximum Gasteiger partial charge on any atom is 0.337 e. The van der Waals surface area contributed by atoms with Crippen molar-refractivity contribution in [2.75, 3.05) is 18.1 Å². The van der Waals surface area contributed by atoms with Crippen LogP contribution >= 0.6 is 23.4 Å². The summed E-state index contributed by atoms with van der Waals surface area (Å²) in [5, 5.41) is 13.1. The lowest BCUT2D eigenvalue weighted by Crippen LogP contribution is -2.35. The minimum Gasteiger partial charge on any atom is -0.478 e. The van der Waals surface area contributed by atoms with Crippen molar-refractivity contribution >= 4 is 35.0 Å². The predicted molar refractivity (Wildman–Crippen MR) is 86.2 cm³/mol. The summed E-state index contributed by atoms with van der Waals surface area (Å²) in [4.78, 5) is 11.2. The molecule has 0 bridgehead atoms. The number of carboxylic acid groups (broad SMARTS) is 1. The van der Waals surface area contributed by atoms with Gasteiger partial charge in [0.15, 0.2) is 0 Å². The van der Waals surface area contributed by atoms with Crippen molar-refractivity contribution in [1.29, 1.82) is 0 Å². The highest BCUT2D eigenvalue weighted by Crippen LogP contribution is 2.39. The Morgan fingerprint density at radius 3 is 2.70 bits per heavy atom. The van der Waals surface area contributed by atoms with Gasteiger partial charge in [-0.25, -0.2) is 4.79 Å². The molecule has 1 aliphatic rings. The van der Waals surface area contributed by atoms with Crippen LogP contribution in [0, 0.1) is 0 Å². The smallest absolute Gasteiger partial charge is 0.337 e. The van der Waals surface area contributed by atoms with Gasteiger partial charge in [-0.05, 0) is 37.3 Å². The molecule has 0 spiro atoms. The van der Waals surface area contributed by atoms with Gasteiger partial charge >= 0.3 is 5.97 Å². The van der Waals surface area contributed by atoms with Gasteiger partial charge in [0.05, 0.1) is 11.3 Å². The molecule has 1 aromatic rings. The molecule has 0 radical (unpaired) electrons. The summed E-state index contributed by atoms with van der Waals surface area (Å²) in [6.07, 6.45) is 8.32. The minimum atomic E-state index is -0.925. The zero-order valence-corrected chi connectivity index (χ0v) is 13.2. The first-order valence-corrected chi connectivity index (χ1v) is 8.48. The molecular formula is C15H20ClNO2S. The van der Waals surface area contributed by atoms with E-state index < -0.39 is 5.97 Å². The molecule has 5 heteroatoms. The highest BCUT2D eigenvalue weighted by atomic mass is 35.5. The molecule has 1 aliphatic carbocycles. The maximum atomic E-state index is 11.2. The third-order valence-corrected chi connectivity index (χ3v) is 5.66. The van der Waals surface area contributed by atoms with Crippen LogP contribution in [0.1, 0.15) is 42.5 Å². The summed E-state index contributed by atoms with van der Waals surface area (Å²) in [5.41, 5.74) is 0.894. The van der Waals surface area contributed by atoms with Crippen molar-refractivity contribution in [2.45, 2.75) is 36.9 Å². The van der Waals surface area contributed by atoms with Crippen LogP contribution in [0.5, 0.6) is 0 Å². The Balaban J connectivity index is 2.13. The summed E-state index contributed by atoms with van der Waals surface area (Å²) in [5.74, 6) is -0.925. The van der Waals surface area contributed by atoms with Gasteiger partial charge in [-0.15, -0.1) is 0 Å². The number of hydrogen-bond acceptors (Lipinski definition) is 3. The van der Waals surface area contributed by atoms with E-state index >= 15 is 0 Å². The minimum absolute atomic E-state index is 0.219. The molecule has 20 heavy (non-hydrogen) atoms. The first-order valence-electron chi connectivity index (χ1n) is 6.88. The number of rotatable bonds is 5. The number of anilines is 1. The molecule has 1 aromatic carbocycles. The van der Waals surface area contributed by atoms with Gasteiger partial charge in [0.25, 0.3) is 0 Å². The Bertz CT molecular complexity index is 487. The number of nitrogens with one attached hydrogen (secondary N) is 1. The van der Waals surface area contributed by atoms with Crippen LogP contribution in [0.4, 0.5) is 5.69 Å². The fourth-order valence-corrected chi connectivity index (χ4v) is 3.84. The Labute approximate surface area is 129 Å². The Morgan fingerprint density at radius 1 is 1.40 bits per heavy atom. The lowest BCUT2D eigenvalue weighted by Gasteiger charge is -2.36. The third kappa shape index (κ3) is 3.61. The van der Waals surface area contributed by atoms with Crippen molar-refractivity contribution in [1.82, 2.24) is 0 Å². The van der Waals surface area contributed by atoms with E-state index in [4.69, 9.17) is 11.6 Å². The van der Waals surface area contributed by atoms with Crippen molar-refractivity contribution in [2.24, 2.45) is 0 Å². The van der Waals surface area contributed by atoms with Gasteiger partial charge in [-0.2, -0.15) is 11.8 Å². The fourth-order valence-electron chi connectivity index (χ4n) is 2.75. The normalized spacial score (nSPS) is 17.7. The molecule has 0 heterocycles. The standard InChI is InChI=1S/C15H20ClNO2S/c1-20-15(7-3-2-4-8-15)10-17-13-9-11(16)5-6-12(13)14(18)19/h5-6,9,17H,2-4,7-8,10H2,1H3,(H,18,19). The second-order valence-electron chi connectivity index (χ2n) is 5.30. The van der Waals surface area contributed by atoms with Crippen LogP contribution in [0.2, 0.25) is 5.02 Å². The van der Waals surface area contributed by atoms with Crippen LogP contribution in [-0.4, -0.2) is 28.6 Å². The first-order chi connectivity index (χ1) is 9.56. The van der Waals surface area contributed by atoms with Crippen LogP contribution < -0.4 is 5.32 Å². The number of aromatic carboxylic acids is 1. The van der Waals surface area contributed by atoms with E-state index in [1.807, 2.05) is 11.8 Å². The van der Waals surface area contributed by atoms with Gasteiger partial charge in [0, 0.05) is 16.3 Å². The molecular weight excluding hydrogens is 294 g/mol. The van der Waals surface area contributed by atoms with Crippen molar-refractivity contribution in [3.05, 3.63) is 28.8 Å². The molecule has 0 saturated heterocycles. The summed E-state index contributed by atoms with van der Waals surface area (Å²) in [7, 11) is 0. The average molecular weight is 314 g/mol. The van der Waals surface area contributed by atoms with E-state index in [9.17, 15) is 9.90 Å². The largest absolute Gasteiger partial charge is 0.478 e. The van der Waals surface area contributed by atoms with Crippen LogP contribution in [-0.2, 0) is 0 Å². The lowest BCUT2D eigenvalue weighted by atomic mass is 9.88. The SMILES string of the molecule is CSC1(CNc2cc(Cl)ccc2C(=O)O)CCCCC1. The van der Waals surface area contributed by atoms with E-state index in [1.165, 1.54) is 32.1 Å². The highest BCUT2D eigenvalue weighted by Gasteiger charge is 2.31. The summed E-state index contributed by atoms with van der Waals surface area (Å²) in [6.45, 7) is 0.786. The number of carbonyl (C=O) groups is 1. The van der Waals surface area contributed by atoms with E-state index in [-0.39, 0.29) is 10.3 Å². The molecule has 1 saturated carbocycles. The topological polar surface area (TPSA) is 49.3 Å². The molecule has 2 rings (SSSR count). The summed E-state index contributed by atoms with van der Waals surface area (Å²) < 4.78 is 0.219. The fraction of sp³-hybridized carbons (Fsp3) is 0.533. The Kier molecular flexibility index (Phi) is 5.22. The van der Waals surface area contributed by atoms with Gasteiger partial charge < -0.3 is 10.4 Å². The average Bonchev–Trinajstić information content (AvgIpc) is 2.46. The van der Waals surface area contributed by atoms with Crippen LogP contribution in [0.3, 0.4) is 0 Å². The van der Waals surface area contributed by atoms with Crippen molar-refractivity contribution < 1.29 is 9.90 Å². The first kappa shape index (κ1) is 15.5. The number of thioether (sulfide) groups is 1. The second kappa shape index (κ2) is 6.72. The zero-order chi connectivity index (χ0) is 14.6. The molecule has 3 nitrogen and oxygen atoms in total. The number of carboxylic acids is 1. The van der Waals surface area contributed by atoms with E-state index in [1.54, 1.807) is 18.2 Å². The number of halogens is 1. The maximum absolute atomic E-state index is 11.2. The van der Waals surface area contributed by atoms with E-state index in [2.05, 4.69) is 11.6 Å². The van der Waals surface area contributed by atoms with E-state index in [0.717, 1.165) is 6.54 Å². The highest BCUT2D eigenvalue weighted by molar-refractivity contribution is 8.00. The Morgan fingerprint density at radius 2 is 2.10 bits per heavy atom. The molecule has 0 aliphatic heterocycles. The monoisotopic (exact) mass is 313 g/mol. The zero-order valence-electron chi connectivity index (χ0n) is 11.6. The van der Waals surface area contributed by atoms with Crippen LogP contribution in [0.15, 0.2) is 18.2 Å². The molecule has 0 unspecified atom stereocenters. The lowest BCUT2D eigenvalue weighted by molar-refractivity contribution is 0.0698. The second-order valence-corrected chi connectivity index (χ2v) is 7.01.